The monoisotopic (exact) mass is 312 g/mol. The second-order valence-electron chi connectivity index (χ2n) is 5.61. The first kappa shape index (κ1) is 16.1. The lowest BCUT2D eigenvalue weighted by Gasteiger charge is -2.30. The zero-order chi connectivity index (χ0) is 15.5. The summed E-state index contributed by atoms with van der Waals surface area (Å²) in [6.07, 6.45) is 2.45. The van der Waals surface area contributed by atoms with Crippen LogP contribution in [0.15, 0.2) is 23.1 Å². The molecule has 1 atom stereocenters. The lowest BCUT2D eigenvalue weighted by Crippen LogP contribution is -2.35. The van der Waals surface area contributed by atoms with Crippen molar-refractivity contribution in [2.75, 3.05) is 44.8 Å². The van der Waals surface area contributed by atoms with E-state index in [0.717, 1.165) is 18.8 Å². The highest BCUT2D eigenvalue weighted by atomic mass is 32.2. The Morgan fingerprint density at radius 2 is 2.19 bits per heavy atom. The fraction of sp³-hybridized carbons (Fsp3) is 0.571. The number of likely N-dealkylation sites (tertiary alicyclic amines) is 1. The Hall–Kier alpha value is -1.31. The van der Waals surface area contributed by atoms with Gasteiger partial charge >= 0.3 is 0 Å². The van der Waals surface area contributed by atoms with Crippen LogP contribution < -0.4 is 15.8 Å². The van der Waals surface area contributed by atoms with Gasteiger partial charge in [0.1, 0.15) is 4.90 Å². The van der Waals surface area contributed by atoms with Gasteiger partial charge in [0.25, 0.3) is 0 Å². The highest BCUT2D eigenvalue weighted by Crippen LogP contribution is 2.23. The number of rotatable bonds is 5. The van der Waals surface area contributed by atoms with E-state index in [2.05, 4.69) is 22.0 Å². The third kappa shape index (κ3) is 4.09. The molecule has 21 heavy (non-hydrogen) atoms. The normalized spacial score (nSPS) is 20.4. The van der Waals surface area contributed by atoms with Gasteiger partial charge in [0.2, 0.25) is 10.0 Å². The van der Waals surface area contributed by atoms with E-state index in [1.165, 1.54) is 32.5 Å². The molecule has 1 fully saturated rings. The molecule has 0 radical (unpaired) electrons. The van der Waals surface area contributed by atoms with Crippen LogP contribution in [0.1, 0.15) is 12.8 Å². The molecule has 0 spiro atoms. The number of nitrogens with two attached hydrogens (primary N) is 1. The van der Waals surface area contributed by atoms with Gasteiger partial charge in [0, 0.05) is 18.8 Å². The minimum absolute atomic E-state index is 0.118. The lowest BCUT2D eigenvalue weighted by atomic mass is 9.98. The van der Waals surface area contributed by atoms with Crippen LogP contribution in [0.4, 0.5) is 11.4 Å². The van der Waals surface area contributed by atoms with E-state index in [-0.39, 0.29) is 10.6 Å². The second-order valence-corrected chi connectivity index (χ2v) is 7.47. The Kier molecular flexibility index (Phi) is 5.08. The molecule has 0 amide bonds. The van der Waals surface area contributed by atoms with Gasteiger partial charge in [-0.05, 0) is 57.6 Å². The molecule has 0 aromatic heterocycles. The van der Waals surface area contributed by atoms with Crippen LogP contribution in [0.5, 0.6) is 0 Å². The van der Waals surface area contributed by atoms with E-state index < -0.39 is 10.0 Å². The third-order valence-corrected chi connectivity index (χ3v) is 5.37. The van der Waals surface area contributed by atoms with E-state index in [1.54, 1.807) is 12.1 Å². The smallest absolute Gasteiger partial charge is 0.242 e. The quantitative estimate of drug-likeness (QED) is 0.704. The fourth-order valence-electron chi connectivity index (χ4n) is 2.72. The minimum atomic E-state index is -3.50. The van der Waals surface area contributed by atoms with Crippen molar-refractivity contribution in [2.45, 2.75) is 17.7 Å². The van der Waals surface area contributed by atoms with Gasteiger partial charge in [-0.2, -0.15) is 0 Å². The van der Waals surface area contributed by atoms with Gasteiger partial charge in [-0.15, -0.1) is 0 Å². The Morgan fingerprint density at radius 3 is 2.81 bits per heavy atom. The molecule has 0 aliphatic carbocycles. The van der Waals surface area contributed by atoms with Crippen molar-refractivity contribution in [1.82, 2.24) is 9.62 Å². The van der Waals surface area contributed by atoms with Crippen molar-refractivity contribution < 1.29 is 8.42 Å². The topological polar surface area (TPSA) is 87.5 Å². The van der Waals surface area contributed by atoms with Crippen LogP contribution in [0.3, 0.4) is 0 Å². The summed E-state index contributed by atoms with van der Waals surface area (Å²) in [5, 5.41) is 3.35. The second kappa shape index (κ2) is 6.64. The molecule has 1 unspecified atom stereocenters. The van der Waals surface area contributed by atoms with E-state index in [1.807, 2.05) is 0 Å². The molecule has 1 saturated heterocycles. The number of piperidine rings is 1. The maximum Gasteiger partial charge on any atom is 0.242 e. The van der Waals surface area contributed by atoms with E-state index >= 15 is 0 Å². The third-order valence-electron chi connectivity index (χ3n) is 3.88. The summed E-state index contributed by atoms with van der Waals surface area (Å²) in [6.45, 7) is 3.14. The zero-order valence-corrected chi connectivity index (χ0v) is 13.4. The number of anilines is 2. The van der Waals surface area contributed by atoms with Crippen molar-refractivity contribution in [3.8, 4) is 0 Å². The molecule has 1 aliphatic heterocycles. The van der Waals surface area contributed by atoms with Gasteiger partial charge in [-0.3, -0.25) is 0 Å². The molecule has 0 bridgehead atoms. The highest BCUT2D eigenvalue weighted by molar-refractivity contribution is 7.89. The molecule has 1 aromatic rings. The molecule has 1 aliphatic rings. The number of nitrogen functional groups attached to an aromatic ring is 1. The van der Waals surface area contributed by atoms with Crippen LogP contribution >= 0.6 is 0 Å². The number of sulfonamides is 1. The van der Waals surface area contributed by atoms with Gasteiger partial charge in [0.05, 0.1) is 5.69 Å². The van der Waals surface area contributed by atoms with E-state index in [0.29, 0.717) is 5.92 Å². The number of hydrogen-bond donors (Lipinski definition) is 3. The maximum atomic E-state index is 11.8. The maximum absolute atomic E-state index is 11.8. The molecule has 6 nitrogen and oxygen atoms in total. The van der Waals surface area contributed by atoms with Gasteiger partial charge in [-0.1, -0.05) is 0 Å². The Morgan fingerprint density at radius 1 is 1.43 bits per heavy atom. The van der Waals surface area contributed by atoms with Crippen LogP contribution in [0, 0.1) is 5.92 Å². The molecule has 1 aromatic carbocycles. The van der Waals surface area contributed by atoms with Crippen LogP contribution in [0.2, 0.25) is 0 Å². The van der Waals surface area contributed by atoms with E-state index in [4.69, 9.17) is 5.73 Å². The average Bonchev–Trinajstić information content (AvgIpc) is 2.45. The van der Waals surface area contributed by atoms with Crippen LogP contribution in [0.25, 0.3) is 0 Å². The summed E-state index contributed by atoms with van der Waals surface area (Å²) in [5.74, 6) is 0.616. The number of nitrogens with zero attached hydrogens (tertiary/aromatic N) is 1. The molecule has 4 N–H and O–H groups in total. The van der Waals surface area contributed by atoms with Crippen LogP contribution in [-0.4, -0.2) is 47.0 Å². The van der Waals surface area contributed by atoms with Crippen molar-refractivity contribution in [3.05, 3.63) is 18.2 Å². The van der Waals surface area contributed by atoms with Gasteiger partial charge in [-0.25, -0.2) is 13.1 Å². The van der Waals surface area contributed by atoms with Gasteiger partial charge in [0.15, 0.2) is 0 Å². The summed E-state index contributed by atoms with van der Waals surface area (Å²) in [4.78, 5) is 2.46. The van der Waals surface area contributed by atoms with Crippen LogP contribution in [-0.2, 0) is 10.0 Å². The molecule has 7 heteroatoms. The van der Waals surface area contributed by atoms with E-state index in [9.17, 15) is 8.42 Å². The lowest BCUT2D eigenvalue weighted by molar-refractivity contribution is 0.217. The summed E-state index contributed by atoms with van der Waals surface area (Å²) in [6, 6.07) is 4.97. The fourth-order valence-corrected chi connectivity index (χ4v) is 3.55. The Balaban J connectivity index is 2.00. The zero-order valence-electron chi connectivity index (χ0n) is 12.6. The molecule has 118 valence electrons. The summed E-state index contributed by atoms with van der Waals surface area (Å²) < 4.78 is 25.8. The minimum Gasteiger partial charge on any atom is -0.398 e. The highest BCUT2D eigenvalue weighted by Gasteiger charge is 2.18. The SMILES string of the molecule is CNS(=O)(=O)c1ccc(NCC2CCCN(C)C2)cc1N. The Labute approximate surface area is 126 Å². The first-order valence-electron chi connectivity index (χ1n) is 7.18. The predicted molar refractivity (Wildman–Crippen MR) is 85.8 cm³/mol. The van der Waals surface area contributed by atoms with Gasteiger partial charge < -0.3 is 16.0 Å². The van der Waals surface area contributed by atoms with Crippen molar-refractivity contribution >= 4 is 21.4 Å². The number of benzene rings is 1. The van der Waals surface area contributed by atoms with Crippen molar-refractivity contribution in [2.24, 2.45) is 5.92 Å². The average molecular weight is 312 g/mol. The first-order chi connectivity index (χ1) is 9.92. The summed E-state index contributed by atoms with van der Waals surface area (Å²) >= 11 is 0. The van der Waals surface area contributed by atoms with Crippen molar-refractivity contribution in [1.29, 1.82) is 0 Å². The molecular weight excluding hydrogens is 288 g/mol. The predicted octanol–water partition coefficient (Wildman–Crippen LogP) is 0.931. The molecule has 0 saturated carbocycles. The molecule has 2 rings (SSSR count). The standard InChI is InChI=1S/C14H24N4O2S/c1-16-21(19,20)14-6-5-12(8-13(14)15)17-9-11-4-3-7-18(2)10-11/h5-6,8,11,16-17H,3-4,7,9-10,15H2,1-2H3. The molecular formula is C14H24N4O2S. The molecule has 1 heterocycles. The number of nitrogens with one attached hydrogen (secondary N) is 2. The largest absolute Gasteiger partial charge is 0.398 e. The van der Waals surface area contributed by atoms with Crippen molar-refractivity contribution in [3.63, 3.8) is 0 Å². The summed E-state index contributed by atoms with van der Waals surface area (Å²) in [7, 11) is 0.0182. The Bertz CT molecular complexity index is 589. The first-order valence-corrected chi connectivity index (χ1v) is 8.66. The summed E-state index contributed by atoms with van der Waals surface area (Å²) in [5.41, 5.74) is 6.96. The number of hydrogen-bond acceptors (Lipinski definition) is 5.